The third-order valence-electron chi connectivity index (χ3n) is 4.02. The number of halogens is 2. The molecule has 28 heavy (non-hydrogen) atoms. The third-order valence-corrected chi connectivity index (χ3v) is 5.59. The summed E-state index contributed by atoms with van der Waals surface area (Å²) in [6, 6.07) is 9.23. The lowest BCUT2D eigenvalue weighted by molar-refractivity contribution is 0.0948. The van der Waals surface area contributed by atoms with Crippen LogP contribution in [0.2, 0.25) is 5.02 Å². The van der Waals surface area contributed by atoms with Gasteiger partial charge in [0.1, 0.15) is 22.6 Å². The Morgan fingerprint density at radius 3 is 2.68 bits per heavy atom. The van der Waals surface area contributed by atoms with Gasteiger partial charge in [-0.3, -0.25) is 9.78 Å². The van der Waals surface area contributed by atoms with E-state index in [1.807, 2.05) is 0 Å². The molecule has 1 unspecified atom stereocenters. The summed E-state index contributed by atoms with van der Waals surface area (Å²) in [5, 5.41) is 22.6. The van der Waals surface area contributed by atoms with Crippen molar-refractivity contribution in [1.82, 2.24) is 10.3 Å². The zero-order valence-corrected chi connectivity index (χ0v) is 16.1. The van der Waals surface area contributed by atoms with Gasteiger partial charge in [-0.15, -0.1) is 0 Å². The molecule has 0 fully saturated rings. The molecule has 9 heteroatoms. The number of hydrogen-bond donors (Lipinski definition) is 3. The van der Waals surface area contributed by atoms with Crippen LogP contribution in [0.25, 0.3) is 10.9 Å². The summed E-state index contributed by atoms with van der Waals surface area (Å²) in [7, 11) is 0. The lowest BCUT2D eigenvalue weighted by Crippen LogP contribution is -2.23. The summed E-state index contributed by atoms with van der Waals surface area (Å²) < 4.78 is 26.3. The first-order valence-electron chi connectivity index (χ1n) is 8.24. The number of benzene rings is 2. The molecule has 1 amide bonds. The largest absolute Gasteiger partial charge is 0.611 e. The van der Waals surface area contributed by atoms with Crippen LogP contribution >= 0.6 is 11.6 Å². The van der Waals surface area contributed by atoms with Crippen LogP contribution in [0.3, 0.4) is 0 Å². The van der Waals surface area contributed by atoms with Crippen molar-refractivity contribution < 1.29 is 24.0 Å². The molecule has 0 saturated carbocycles. The Hall–Kier alpha value is -2.39. The van der Waals surface area contributed by atoms with Gasteiger partial charge in [0.15, 0.2) is 10.7 Å². The van der Waals surface area contributed by atoms with Crippen LogP contribution in [0.15, 0.2) is 47.5 Å². The molecule has 6 nitrogen and oxygen atoms in total. The zero-order valence-electron chi connectivity index (χ0n) is 14.5. The summed E-state index contributed by atoms with van der Waals surface area (Å²) >= 11 is 4.17. The maximum atomic E-state index is 14.3. The van der Waals surface area contributed by atoms with E-state index in [-0.39, 0.29) is 40.3 Å². The zero-order chi connectivity index (χ0) is 20.3. The van der Waals surface area contributed by atoms with Gasteiger partial charge >= 0.3 is 0 Å². The van der Waals surface area contributed by atoms with Gasteiger partial charge in [0, 0.05) is 29.9 Å². The Balaban J connectivity index is 1.89. The summed E-state index contributed by atoms with van der Waals surface area (Å²) in [6.07, 6.45) is 1.09. The molecule has 1 aromatic heterocycles. The normalized spacial score (nSPS) is 12.1. The summed E-state index contributed by atoms with van der Waals surface area (Å²) in [5.41, 5.74) is 0.529. The first kappa shape index (κ1) is 20.3. The molecule has 1 atom stereocenters. The highest BCUT2D eigenvalue weighted by Crippen LogP contribution is 2.31. The van der Waals surface area contributed by atoms with Gasteiger partial charge < -0.3 is 20.1 Å². The number of aliphatic hydroxyl groups is 1. The van der Waals surface area contributed by atoms with E-state index in [2.05, 4.69) is 10.3 Å². The fourth-order valence-electron chi connectivity index (χ4n) is 2.60. The lowest BCUT2D eigenvalue weighted by Gasteiger charge is -2.12. The second-order valence-corrected chi connectivity index (χ2v) is 7.91. The molecule has 0 aliphatic carbocycles. The van der Waals surface area contributed by atoms with E-state index in [9.17, 15) is 18.8 Å². The number of rotatable bonds is 6. The Morgan fingerprint density at radius 2 is 2.00 bits per heavy atom. The van der Waals surface area contributed by atoms with Crippen LogP contribution in [-0.2, 0) is 17.7 Å². The van der Waals surface area contributed by atoms with E-state index < -0.39 is 28.6 Å². The van der Waals surface area contributed by atoms with Crippen LogP contribution < -0.4 is 5.32 Å². The molecule has 1 heterocycles. The van der Waals surface area contributed by atoms with Gasteiger partial charge in [-0.1, -0.05) is 23.7 Å². The molecule has 0 saturated heterocycles. The molecule has 3 N–H and O–H groups in total. The van der Waals surface area contributed by atoms with Crippen LogP contribution in [0.5, 0.6) is 5.75 Å². The van der Waals surface area contributed by atoms with Crippen molar-refractivity contribution in [2.45, 2.75) is 11.4 Å². The predicted molar refractivity (Wildman–Crippen MR) is 104 cm³/mol. The smallest absolute Gasteiger partial charge is 0.256 e. The van der Waals surface area contributed by atoms with Crippen molar-refractivity contribution in [1.29, 1.82) is 0 Å². The minimum atomic E-state index is -1.65. The van der Waals surface area contributed by atoms with Gasteiger partial charge in [-0.25, -0.2) is 4.39 Å². The number of fused-ring (bicyclic) bond motifs is 1. The molecule has 0 aliphatic heterocycles. The highest BCUT2D eigenvalue weighted by molar-refractivity contribution is 7.91. The van der Waals surface area contributed by atoms with Crippen molar-refractivity contribution >= 4 is 39.6 Å². The molecule has 0 bridgehead atoms. The fraction of sp³-hybridized carbons (Fsp3) is 0.158. The van der Waals surface area contributed by atoms with Gasteiger partial charge in [0.2, 0.25) is 0 Å². The van der Waals surface area contributed by atoms with Crippen molar-refractivity contribution in [2.24, 2.45) is 0 Å². The molecular formula is C19H16ClFN2O4S. The van der Waals surface area contributed by atoms with Crippen molar-refractivity contribution in [2.75, 3.05) is 12.4 Å². The average Bonchev–Trinajstić information content (AvgIpc) is 2.68. The number of aromatic nitrogens is 1. The Labute approximate surface area is 168 Å². The number of carbonyl (C=O) groups excluding carboxylic acids is 1. The number of amides is 1. The minimum Gasteiger partial charge on any atom is -0.611 e. The molecule has 0 radical (unpaired) electrons. The van der Waals surface area contributed by atoms with E-state index in [0.717, 1.165) is 17.8 Å². The number of nitrogens with zero attached hydrogens (tertiary/aromatic N) is 1. The number of nitrogens with one attached hydrogen (secondary N) is 1. The highest BCUT2D eigenvalue weighted by Gasteiger charge is 2.20. The van der Waals surface area contributed by atoms with Crippen molar-refractivity contribution in [3.05, 3.63) is 64.6 Å². The quantitative estimate of drug-likeness (QED) is 0.530. The molecule has 2 aromatic carbocycles. The Morgan fingerprint density at radius 1 is 1.29 bits per heavy atom. The fourth-order valence-corrected chi connectivity index (χ4v) is 3.61. The topological polar surface area (TPSA) is 106 Å². The standard InChI is InChI=1S/C19H16ClFN2O4S/c20-12-3-1-11(2-4-12)9-23-19(26)15-10-22-17-14(18(15)25)7-13(8-16(17)21)28(27)6-5-24/h1-4,7-8,10,24H,5-6,9H2,(H,22,25)(H,23,26). The SMILES string of the molecule is O=C(NCc1ccc(Cl)cc1)c1cnc2c(F)cc([S+]([O-])CCO)cc2c1O. The van der Waals surface area contributed by atoms with Crippen molar-refractivity contribution in [3.8, 4) is 5.75 Å². The minimum absolute atomic E-state index is 0.0274. The number of aliphatic hydroxyl groups excluding tert-OH is 1. The summed E-state index contributed by atoms with van der Waals surface area (Å²) in [4.78, 5) is 16.4. The van der Waals surface area contributed by atoms with Crippen molar-refractivity contribution in [3.63, 3.8) is 0 Å². The number of hydrogen-bond acceptors (Lipinski definition) is 5. The van der Waals surface area contributed by atoms with Gasteiger partial charge in [-0.05, 0) is 28.9 Å². The van der Waals surface area contributed by atoms with E-state index in [0.29, 0.717) is 5.02 Å². The molecule has 0 spiro atoms. The van der Waals surface area contributed by atoms with Crippen LogP contribution in [0, 0.1) is 5.82 Å². The highest BCUT2D eigenvalue weighted by atomic mass is 35.5. The van der Waals surface area contributed by atoms with Crippen LogP contribution in [-0.4, -0.2) is 38.0 Å². The predicted octanol–water partition coefficient (Wildman–Crippen LogP) is 2.76. The van der Waals surface area contributed by atoms with Crippen LogP contribution in [0.4, 0.5) is 4.39 Å². The van der Waals surface area contributed by atoms with E-state index in [1.165, 1.54) is 6.07 Å². The maximum Gasteiger partial charge on any atom is 0.256 e. The molecular weight excluding hydrogens is 407 g/mol. The van der Waals surface area contributed by atoms with Gasteiger partial charge in [0.05, 0.1) is 12.0 Å². The first-order valence-corrected chi connectivity index (χ1v) is 9.93. The summed E-state index contributed by atoms with van der Waals surface area (Å²) in [5.74, 6) is -1.90. The van der Waals surface area contributed by atoms with Gasteiger partial charge in [0.25, 0.3) is 5.91 Å². The van der Waals surface area contributed by atoms with Crippen LogP contribution in [0.1, 0.15) is 15.9 Å². The molecule has 3 aromatic rings. The second kappa shape index (κ2) is 8.74. The van der Waals surface area contributed by atoms with E-state index in [1.54, 1.807) is 24.3 Å². The van der Waals surface area contributed by atoms with E-state index in [4.69, 9.17) is 16.7 Å². The molecule has 146 valence electrons. The first-order chi connectivity index (χ1) is 13.4. The number of carbonyl (C=O) groups is 1. The molecule has 3 rings (SSSR count). The summed E-state index contributed by atoms with van der Waals surface area (Å²) in [6.45, 7) is -0.133. The molecule has 0 aliphatic rings. The number of pyridine rings is 1. The van der Waals surface area contributed by atoms with E-state index >= 15 is 0 Å². The second-order valence-electron chi connectivity index (χ2n) is 5.90. The Kier molecular flexibility index (Phi) is 6.35. The lowest BCUT2D eigenvalue weighted by atomic mass is 10.1. The number of aromatic hydroxyl groups is 1. The third kappa shape index (κ3) is 4.36. The van der Waals surface area contributed by atoms with Gasteiger partial charge in [-0.2, -0.15) is 0 Å². The monoisotopic (exact) mass is 422 g/mol. The average molecular weight is 423 g/mol. The maximum absolute atomic E-state index is 14.3. The Bertz CT molecular complexity index is 1020.